The first-order valence-electron chi connectivity index (χ1n) is 6.67. The lowest BCUT2D eigenvalue weighted by molar-refractivity contribution is -0.140. The van der Waals surface area contributed by atoms with E-state index in [9.17, 15) is 14.4 Å². The van der Waals surface area contributed by atoms with E-state index < -0.39 is 6.04 Å². The first-order chi connectivity index (χ1) is 9.41. The first-order valence-corrected chi connectivity index (χ1v) is 6.67. The molecule has 1 aromatic rings. The summed E-state index contributed by atoms with van der Waals surface area (Å²) in [6.45, 7) is 4.80. The fourth-order valence-electron chi connectivity index (χ4n) is 2.47. The number of carbonyl (C=O) groups excluding carboxylic acids is 2. The molecule has 1 saturated heterocycles. The Morgan fingerprint density at radius 2 is 2.00 bits per heavy atom. The molecule has 20 heavy (non-hydrogen) atoms. The van der Waals surface area contributed by atoms with Gasteiger partial charge in [0.1, 0.15) is 11.7 Å². The standard InChI is InChI=1S/C14H19N3O3/c1-9(2)12-14(20)16(3)7-8-17(12)13(19)10-5-4-6-11(18)15-10/h4-6,9,12H,7-8H2,1-3H3,(H,15,18). The van der Waals surface area contributed by atoms with Gasteiger partial charge in [0, 0.05) is 26.2 Å². The summed E-state index contributed by atoms with van der Waals surface area (Å²) in [6, 6.07) is 3.97. The van der Waals surface area contributed by atoms with E-state index in [4.69, 9.17) is 0 Å². The third-order valence-corrected chi connectivity index (χ3v) is 3.53. The molecule has 1 N–H and O–H groups in total. The summed E-state index contributed by atoms with van der Waals surface area (Å²) in [4.78, 5) is 41.8. The van der Waals surface area contributed by atoms with Crippen LogP contribution in [-0.4, -0.2) is 52.8 Å². The van der Waals surface area contributed by atoms with Gasteiger partial charge in [0.25, 0.3) is 5.91 Å². The number of nitrogens with zero attached hydrogens (tertiary/aromatic N) is 2. The maximum Gasteiger partial charge on any atom is 0.271 e. The molecular weight excluding hydrogens is 258 g/mol. The Morgan fingerprint density at radius 3 is 2.60 bits per heavy atom. The SMILES string of the molecule is CC(C)C1C(=O)N(C)CCN1C(=O)c1cccc(=O)[nH]1. The predicted octanol–water partition coefficient (Wildman–Crippen LogP) is 0.314. The smallest absolute Gasteiger partial charge is 0.271 e. The molecule has 2 heterocycles. The van der Waals surface area contributed by atoms with Gasteiger partial charge in [0.05, 0.1) is 0 Å². The minimum absolute atomic E-state index is 0.0182. The summed E-state index contributed by atoms with van der Waals surface area (Å²) in [5, 5.41) is 0. The molecule has 0 spiro atoms. The summed E-state index contributed by atoms with van der Waals surface area (Å²) < 4.78 is 0. The molecule has 1 atom stereocenters. The molecule has 0 aromatic carbocycles. The molecule has 6 heteroatoms. The Hall–Kier alpha value is -2.11. The van der Waals surface area contributed by atoms with Crippen molar-refractivity contribution in [1.29, 1.82) is 0 Å². The van der Waals surface area contributed by atoms with Crippen LogP contribution < -0.4 is 5.56 Å². The topological polar surface area (TPSA) is 73.5 Å². The van der Waals surface area contributed by atoms with E-state index in [0.29, 0.717) is 13.1 Å². The molecule has 2 amide bonds. The third-order valence-electron chi connectivity index (χ3n) is 3.53. The number of H-pyrrole nitrogens is 1. The van der Waals surface area contributed by atoms with Crippen LogP contribution in [0.2, 0.25) is 0 Å². The number of aromatic nitrogens is 1. The lowest BCUT2D eigenvalue weighted by atomic mass is 9.98. The molecule has 6 nitrogen and oxygen atoms in total. The van der Waals surface area contributed by atoms with Gasteiger partial charge in [0.15, 0.2) is 0 Å². The summed E-state index contributed by atoms with van der Waals surface area (Å²) in [7, 11) is 1.74. The van der Waals surface area contributed by atoms with Crippen LogP contribution in [0, 0.1) is 5.92 Å². The Bertz CT molecular complexity index is 579. The molecule has 1 aromatic heterocycles. The van der Waals surface area contributed by atoms with Crippen molar-refractivity contribution in [2.75, 3.05) is 20.1 Å². The van der Waals surface area contributed by atoms with Crippen molar-refractivity contribution in [2.45, 2.75) is 19.9 Å². The number of piperazine rings is 1. The van der Waals surface area contributed by atoms with Gasteiger partial charge in [-0.05, 0) is 12.0 Å². The van der Waals surface area contributed by atoms with E-state index in [2.05, 4.69) is 4.98 Å². The van der Waals surface area contributed by atoms with Crippen molar-refractivity contribution in [1.82, 2.24) is 14.8 Å². The number of hydrogen-bond donors (Lipinski definition) is 1. The zero-order valence-corrected chi connectivity index (χ0v) is 11.9. The molecule has 0 bridgehead atoms. The summed E-state index contributed by atoms with van der Waals surface area (Å²) in [5.41, 5.74) is -0.0992. The fourth-order valence-corrected chi connectivity index (χ4v) is 2.47. The maximum atomic E-state index is 12.5. The Balaban J connectivity index is 2.32. The van der Waals surface area contributed by atoms with Crippen LogP contribution in [0.4, 0.5) is 0 Å². The average Bonchev–Trinajstić information content (AvgIpc) is 2.40. The highest BCUT2D eigenvalue weighted by Gasteiger charge is 2.38. The number of likely N-dealkylation sites (N-methyl/N-ethyl adjacent to an activating group) is 1. The normalized spacial score (nSPS) is 19.6. The van der Waals surface area contributed by atoms with Gasteiger partial charge in [-0.15, -0.1) is 0 Å². The second-order valence-corrected chi connectivity index (χ2v) is 5.38. The zero-order chi connectivity index (χ0) is 14.9. The van der Waals surface area contributed by atoms with Crippen LogP contribution in [-0.2, 0) is 4.79 Å². The zero-order valence-electron chi connectivity index (χ0n) is 11.9. The highest BCUT2D eigenvalue weighted by atomic mass is 16.2. The lowest BCUT2D eigenvalue weighted by Gasteiger charge is -2.41. The summed E-state index contributed by atoms with van der Waals surface area (Å²) in [6.07, 6.45) is 0. The number of carbonyl (C=O) groups is 2. The number of amides is 2. The predicted molar refractivity (Wildman–Crippen MR) is 74.4 cm³/mol. The number of hydrogen-bond acceptors (Lipinski definition) is 3. The Morgan fingerprint density at radius 1 is 1.30 bits per heavy atom. The second kappa shape index (κ2) is 5.48. The van der Waals surface area contributed by atoms with Gasteiger partial charge in [-0.3, -0.25) is 14.4 Å². The van der Waals surface area contributed by atoms with Crippen LogP contribution in [0.1, 0.15) is 24.3 Å². The molecule has 0 radical (unpaired) electrons. The number of aromatic amines is 1. The van der Waals surface area contributed by atoms with Gasteiger partial charge in [0.2, 0.25) is 11.5 Å². The van der Waals surface area contributed by atoms with Crippen LogP contribution in [0.25, 0.3) is 0 Å². The first kappa shape index (κ1) is 14.3. The van der Waals surface area contributed by atoms with Crippen LogP contribution >= 0.6 is 0 Å². The number of rotatable bonds is 2. The fraction of sp³-hybridized carbons (Fsp3) is 0.500. The highest BCUT2D eigenvalue weighted by Crippen LogP contribution is 2.19. The van der Waals surface area contributed by atoms with Gasteiger partial charge in [-0.2, -0.15) is 0 Å². The molecule has 1 aliphatic rings. The Kier molecular flexibility index (Phi) is 3.92. The van der Waals surface area contributed by atoms with Crippen LogP contribution in [0.3, 0.4) is 0 Å². The van der Waals surface area contributed by atoms with Crippen molar-refractivity contribution in [3.8, 4) is 0 Å². The molecular formula is C14H19N3O3. The number of nitrogens with one attached hydrogen (secondary N) is 1. The summed E-state index contributed by atoms with van der Waals surface area (Å²) >= 11 is 0. The highest BCUT2D eigenvalue weighted by molar-refractivity contribution is 5.96. The van der Waals surface area contributed by atoms with Crippen LogP contribution in [0.15, 0.2) is 23.0 Å². The second-order valence-electron chi connectivity index (χ2n) is 5.38. The maximum absolute atomic E-state index is 12.5. The van der Waals surface area contributed by atoms with E-state index in [1.165, 1.54) is 12.1 Å². The summed E-state index contributed by atoms with van der Waals surface area (Å²) in [5.74, 6) is -0.342. The van der Waals surface area contributed by atoms with Gasteiger partial charge in [-0.1, -0.05) is 19.9 Å². The number of pyridine rings is 1. The van der Waals surface area contributed by atoms with E-state index in [-0.39, 0.29) is 29.0 Å². The molecule has 0 saturated carbocycles. The van der Waals surface area contributed by atoms with Gasteiger partial charge >= 0.3 is 0 Å². The van der Waals surface area contributed by atoms with Crippen molar-refractivity contribution >= 4 is 11.8 Å². The van der Waals surface area contributed by atoms with E-state index >= 15 is 0 Å². The quantitative estimate of drug-likeness (QED) is 0.845. The molecule has 1 aliphatic heterocycles. The molecule has 108 valence electrons. The molecule has 0 aliphatic carbocycles. The van der Waals surface area contributed by atoms with Gasteiger partial charge in [-0.25, -0.2) is 0 Å². The van der Waals surface area contributed by atoms with E-state index in [1.807, 2.05) is 13.8 Å². The third kappa shape index (κ3) is 2.59. The van der Waals surface area contributed by atoms with E-state index in [0.717, 1.165) is 0 Å². The van der Waals surface area contributed by atoms with Crippen molar-refractivity contribution in [3.63, 3.8) is 0 Å². The molecule has 2 rings (SSSR count). The van der Waals surface area contributed by atoms with Gasteiger partial charge < -0.3 is 14.8 Å². The lowest BCUT2D eigenvalue weighted by Crippen LogP contribution is -2.59. The molecule has 1 unspecified atom stereocenters. The minimum atomic E-state index is -0.482. The average molecular weight is 277 g/mol. The Labute approximate surface area is 117 Å². The molecule has 1 fully saturated rings. The van der Waals surface area contributed by atoms with Crippen molar-refractivity contribution < 1.29 is 9.59 Å². The monoisotopic (exact) mass is 277 g/mol. The van der Waals surface area contributed by atoms with E-state index in [1.54, 1.807) is 22.9 Å². The largest absolute Gasteiger partial charge is 0.342 e. The van der Waals surface area contributed by atoms with Crippen LogP contribution in [0.5, 0.6) is 0 Å². The van der Waals surface area contributed by atoms with Crippen molar-refractivity contribution in [3.05, 3.63) is 34.2 Å². The van der Waals surface area contributed by atoms with Crippen molar-refractivity contribution in [2.24, 2.45) is 5.92 Å². The minimum Gasteiger partial charge on any atom is -0.342 e.